The molecule has 0 saturated carbocycles. The van der Waals surface area contributed by atoms with E-state index in [1.54, 1.807) is 0 Å². The highest BCUT2D eigenvalue weighted by atomic mass is 16.6. The third-order valence-electron chi connectivity index (χ3n) is 3.19. The molecule has 102 valence electrons. The molecule has 1 fully saturated rings. The van der Waals surface area contributed by atoms with Gasteiger partial charge in [0.1, 0.15) is 36.5 Å². The van der Waals surface area contributed by atoms with Crippen molar-refractivity contribution in [2.45, 2.75) is 24.5 Å². The molecule has 0 spiro atoms. The lowest BCUT2D eigenvalue weighted by Gasteiger charge is -2.17. The zero-order valence-corrected chi connectivity index (χ0v) is 9.79. The molecule has 19 heavy (non-hydrogen) atoms. The molecule has 0 radical (unpaired) electrons. The number of aliphatic hydroxyl groups excluding tert-OH is 3. The Morgan fingerprint density at radius 3 is 2.74 bits per heavy atom. The second kappa shape index (κ2) is 4.38. The van der Waals surface area contributed by atoms with Crippen molar-refractivity contribution in [2.75, 3.05) is 12.3 Å². The van der Waals surface area contributed by atoms with E-state index in [-0.39, 0.29) is 5.82 Å². The summed E-state index contributed by atoms with van der Waals surface area (Å²) in [5, 5.41) is 28.8. The topological polar surface area (TPSA) is 140 Å². The van der Waals surface area contributed by atoms with Crippen LogP contribution in [0.25, 0.3) is 11.2 Å². The first-order valence-electron chi connectivity index (χ1n) is 5.69. The number of nitrogen functional groups attached to an aromatic ring is 1. The Hall–Kier alpha value is -1.81. The Kier molecular flexibility index (Phi) is 2.82. The Labute approximate surface area is 107 Å². The van der Waals surface area contributed by atoms with Crippen LogP contribution in [0.15, 0.2) is 12.7 Å². The molecular formula is C10H13N5O4. The van der Waals surface area contributed by atoms with Gasteiger partial charge in [0.2, 0.25) is 0 Å². The van der Waals surface area contributed by atoms with Gasteiger partial charge < -0.3 is 25.8 Å². The minimum Gasteiger partial charge on any atom is -0.394 e. The maximum atomic E-state index is 9.96. The molecule has 1 saturated heterocycles. The Morgan fingerprint density at radius 2 is 2.05 bits per heavy atom. The van der Waals surface area contributed by atoms with E-state index in [1.165, 1.54) is 17.2 Å². The first kappa shape index (κ1) is 12.2. The number of rotatable bonds is 2. The molecule has 0 unspecified atom stereocenters. The summed E-state index contributed by atoms with van der Waals surface area (Å²) >= 11 is 0. The zero-order chi connectivity index (χ0) is 13.6. The van der Waals surface area contributed by atoms with Crippen LogP contribution in [0, 0.1) is 0 Å². The molecule has 1 aliphatic heterocycles. The molecule has 9 nitrogen and oxygen atoms in total. The van der Waals surface area contributed by atoms with Crippen LogP contribution in [-0.4, -0.2) is 59.8 Å². The lowest BCUT2D eigenvalue weighted by atomic mass is 10.1. The fourth-order valence-electron chi connectivity index (χ4n) is 2.20. The average molecular weight is 267 g/mol. The number of aliphatic hydroxyl groups is 3. The number of fused-ring (bicyclic) bond motifs is 1. The standard InChI is InChI=1S/C10H13N5O4/c11-8-5-9(13-2-12-8)14-3-15(5)10-7(18)6(17)4(1-16)19-10/h2-4,6-7,10,16-18H,1H2,(H2,11,12,13)/t4-,6-,7-,10+/m1/s1. The fourth-order valence-corrected chi connectivity index (χ4v) is 2.20. The van der Waals surface area contributed by atoms with Gasteiger partial charge in [0.05, 0.1) is 6.61 Å². The molecule has 0 aromatic carbocycles. The number of aromatic nitrogens is 4. The number of hydrogen-bond acceptors (Lipinski definition) is 8. The van der Waals surface area contributed by atoms with Gasteiger partial charge in [-0.05, 0) is 0 Å². The van der Waals surface area contributed by atoms with Gasteiger partial charge in [-0.3, -0.25) is 4.57 Å². The lowest BCUT2D eigenvalue weighted by Crippen LogP contribution is -2.33. The molecule has 3 heterocycles. The van der Waals surface area contributed by atoms with Crippen LogP contribution in [-0.2, 0) is 4.74 Å². The highest BCUT2D eigenvalue weighted by Crippen LogP contribution is 2.32. The van der Waals surface area contributed by atoms with Crippen molar-refractivity contribution in [3.05, 3.63) is 12.7 Å². The van der Waals surface area contributed by atoms with E-state index in [2.05, 4.69) is 15.0 Å². The molecule has 5 N–H and O–H groups in total. The predicted molar refractivity (Wildman–Crippen MR) is 62.7 cm³/mol. The second-order valence-electron chi connectivity index (χ2n) is 4.31. The van der Waals surface area contributed by atoms with Crippen molar-refractivity contribution in [3.8, 4) is 0 Å². The van der Waals surface area contributed by atoms with Crippen LogP contribution in [0.4, 0.5) is 5.82 Å². The molecule has 3 rings (SSSR count). The average Bonchev–Trinajstić information content (AvgIpc) is 2.94. The molecule has 2 aromatic heterocycles. The van der Waals surface area contributed by atoms with E-state index >= 15 is 0 Å². The summed E-state index contributed by atoms with van der Waals surface area (Å²) in [7, 11) is 0. The Morgan fingerprint density at radius 1 is 1.26 bits per heavy atom. The van der Waals surface area contributed by atoms with E-state index in [9.17, 15) is 10.2 Å². The number of hydrogen-bond donors (Lipinski definition) is 4. The highest BCUT2D eigenvalue weighted by Gasteiger charge is 2.43. The molecule has 0 amide bonds. The molecule has 0 aliphatic carbocycles. The predicted octanol–water partition coefficient (Wildman–Crippen LogP) is -1.98. The van der Waals surface area contributed by atoms with Gasteiger partial charge in [0.25, 0.3) is 0 Å². The number of nitrogens with two attached hydrogens (primary N) is 1. The van der Waals surface area contributed by atoms with Crippen molar-refractivity contribution in [1.82, 2.24) is 19.5 Å². The van der Waals surface area contributed by atoms with Gasteiger partial charge in [-0.1, -0.05) is 0 Å². The number of ether oxygens (including phenoxy) is 1. The SMILES string of the molecule is Nc1ncnc2ncn([C@H]3O[C@H](CO)[C@@H](O)[C@H]3O)c12. The zero-order valence-electron chi connectivity index (χ0n) is 9.79. The minimum atomic E-state index is -1.20. The summed E-state index contributed by atoms with van der Waals surface area (Å²) in [5.74, 6) is 0.195. The summed E-state index contributed by atoms with van der Waals surface area (Å²) in [6, 6.07) is 0. The van der Waals surface area contributed by atoms with Gasteiger partial charge in [-0.15, -0.1) is 0 Å². The molecule has 2 aromatic rings. The normalized spacial score (nSPS) is 31.1. The quantitative estimate of drug-likeness (QED) is 0.491. The third-order valence-corrected chi connectivity index (χ3v) is 3.19. The van der Waals surface area contributed by atoms with Crippen LogP contribution in [0.2, 0.25) is 0 Å². The first-order chi connectivity index (χ1) is 9.13. The van der Waals surface area contributed by atoms with Crippen molar-refractivity contribution in [3.63, 3.8) is 0 Å². The molecule has 4 atom stereocenters. The van der Waals surface area contributed by atoms with Crippen molar-refractivity contribution in [2.24, 2.45) is 0 Å². The van der Waals surface area contributed by atoms with Crippen LogP contribution < -0.4 is 5.73 Å². The smallest absolute Gasteiger partial charge is 0.183 e. The summed E-state index contributed by atoms with van der Waals surface area (Å²) < 4.78 is 6.86. The summed E-state index contributed by atoms with van der Waals surface area (Å²) in [4.78, 5) is 11.8. The van der Waals surface area contributed by atoms with Crippen LogP contribution >= 0.6 is 0 Å². The van der Waals surface area contributed by atoms with Gasteiger partial charge in [-0.2, -0.15) is 0 Å². The summed E-state index contributed by atoms with van der Waals surface area (Å²) in [6.07, 6.45) is -1.45. The highest BCUT2D eigenvalue weighted by molar-refractivity contribution is 5.81. The summed E-state index contributed by atoms with van der Waals surface area (Å²) in [6.45, 7) is -0.395. The summed E-state index contributed by atoms with van der Waals surface area (Å²) in [5.41, 5.74) is 6.54. The van der Waals surface area contributed by atoms with E-state index in [0.717, 1.165) is 0 Å². The Balaban J connectivity index is 2.06. The van der Waals surface area contributed by atoms with E-state index < -0.39 is 31.1 Å². The molecule has 9 heteroatoms. The molecular weight excluding hydrogens is 254 g/mol. The monoisotopic (exact) mass is 267 g/mol. The van der Waals surface area contributed by atoms with Gasteiger partial charge in [0.15, 0.2) is 17.7 Å². The fraction of sp³-hybridized carbons (Fsp3) is 0.500. The van der Waals surface area contributed by atoms with E-state index in [4.69, 9.17) is 15.6 Å². The Bertz CT molecular complexity index is 603. The largest absolute Gasteiger partial charge is 0.394 e. The van der Waals surface area contributed by atoms with E-state index in [1.807, 2.05) is 0 Å². The van der Waals surface area contributed by atoms with Gasteiger partial charge >= 0.3 is 0 Å². The van der Waals surface area contributed by atoms with E-state index in [0.29, 0.717) is 11.2 Å². The van der Waals surface area contributed by atoms with Crippen molar-refractivity contribution in [1.29, 1.82) is 0 Å². The van der Waals surface area contributed by atoms with Crippen molar-refractivity contribution < 1.29 is 20.1 Å². The van der Waals surface area contributed by atoms with Gasteiger partial charge in [0, 0.05) is 0 Å². The second-order valence-corrected chi connectivity index (χ2v) is 4.31. The van der Waals surface area contributed by atoms with Crippen LogP contribution in [0.5, 0.6) is 0 Å². The van der Waals surface area contributed by atoms with Crippen LogP contribution in [0.3, 0.4) is 0 Å². The first-order valence-corrected chi connectivity index (χ1v) is 5.69. The van der Waals surface area contributed by atoms with Gasteiger partial charge in [-0.25, -0.2) is 15.0 Å². The number of anilines is 1. The van der Waals surface area contributed by atoms with Crippen molar-refractivity contribution >= 4 is 17.0 Å². The molecule has 1 aliphatic rings. The maximum absolute atomic E-state index is 9.96. The molecule has 0 bridgehead atoms. The number of imidazole rings is 1. The maximum Gasteiger partial charge on any atom is 0.183 e. The third kappa shape index (κ3) is 1.75. The van der Waals surface area contributed by atoms with Crippen LogP contribution in [0.1, 0.15) is 6.23 Å². The number of nitrogens with zero attached hydrogens (tertiary/aromatic N) is 4. The lowest BCUT2D eigenvalue weighted by molar-refractivity contribution is -0.0508. The minimum absolute atomic E-state index is 0.195.